The first-order chi connectivity index (χ1) is 9.79. The zero-order chi connectivity index (χ0) is 15.3. The molecule has 2 aromatic heterocycles. The average molecular weight is 326 g/mol. The lowest BCUT2D eigenvalue weighted by molar-refractivity contribution is 0.371. The SMILES string of the molecule is Cl.Cn1nc(C(C)(C)C)cc1-c1nc(C2(N)CCCC2)no1. The van der Waals surface area contributed by atoms with Crippen molar-refractivity contribution in [2.24, 2.45) is 12.8 Å². The molecule has 1 fully saturated rings. The molecule has 2 N–H and O–H groups in total. The summed E-state index contributed by atoms with van der Waals surface area (Å²) in [6.07, 6.45) is 4.09. The van der Waals surface area contributed by atoms with Gasteiger partial charge in [0.2, 0.25) is 0 Å². The second-order valence-electron chi connectivity index (χ2n) is 7.07. The molecule has 2 heterocycles. The third-order valence-electron chi connectivity index (χ3n) is 4.23. The van der Waals surface area contributed by atoms with Crippen molar-refractivity contribution in [2.75, 3.05) is 0 Å². The Balaban J connectivity index is 0.00000176. The van der Waals surface area contributed by atoms with E-state index in [-0.39, 0.29) is 17.8 Å². The Morgan fingerprint density at radius 1 is 1.27 bits per heavy atom. The van der Waals surface area contributed by atoms with Crippen LogP contribution in [0.4, 0.5) is 0 Å². The Hall–Kier alpha value is -1.40. The van der Waals surface area contributed by atoms with Crippen molar-refractivity contribution in [2.45, 2.75) is 57.4 Å². The maximum Gasteiger partial charge on any atom is 0.276 e. The van der Waals surface area contributed by atoms with Crippen LogP contribution in [0, 0.1) is 0 Å². The summed E-state index contributed by atoms with van der Waals surface area (Å²) in [6, 6.07) is 2.01. The Bertz CT molecular complexity index is 649. The summed E-state index contributed by atoms with van der Waals surface area (Å²) in [5.41, 5.74) is 7.78. The molecular weight excluding hydrogens is 302 g/mol. The number of nitrogens with two attached hydrogens (primary N) is 1. The summed E-state index contributed by atoms with van der Waals surface area (Å²) in [5.74, 6) is 1.11. The minimum atomic E-state index is -0.423. The van der Waals surface area contributed by atoms with E-state index in [0.29, 0.717) is 11.7 Å². The lowest BCUT2D eigenvalue weighted by Gasteiger charge is -2.17. The Morgan fingerprint density at radius 3 is 2.45 bits per heavy atom. The topological polar surface area (TPSA) is 82.8 Å². The quantitative estimate of drug-likeness (QED) is 0.917. The second kappa shape index (κ2) is 5.66. The minimum Gasteiger partial charge on any atom is -0.332 e. The van der Waals surface area contributed by atoms with E-state index in [1.807, 2.05) is 13.1 Å². The third kappa shape index (κ3) is 2.90. The molecule has 0 amide bonds. The first kappa shape index (κ1) is 17.0. The summed E-state index contributed by atoms with van der Waals surface area (Å²) in [6.45, 7) is 6.39. The van der Waals surface area contributed by atoms with E-state index in [0.717, 1.165) is 37.1 Å². The van der Waals surface area contributed by atoms with Crippen LogP contribution in [0.5, 0.6) is 0 Å². The fraction of sp³-hybridized carbons (Fsp3) is 0.667. The first-order valence-electron chi connectivity index (χ1n) is 7.48. The molecule has 6 nitrogen and oxygen atoms in total. The zero-order valence-electron chi connectivity index (χ0n) is 13.6. The molecule has 0 saturated heterocycles. The van der Waals surface area contributed by atoms with Gasteiger partial charge in [0.15, 0.2) is 5.82 Å². The molecule has 7 heteroatoms. The van der Waals surface area contributed by atoms with Crippen molar-refractivity contribution < 1.29 is 4.52 Å². The molecule has 1 aliphatic carbocycles. The van der Waals surface area contributed by atoms with Crippen molar-refractivity contribution in [3.05, 3.63) is 17.6 Å². The van der Waals surface area contributed by atoms with Crippen molar-refractivity contribution in [3.8, 4) is 11.6 Å². The third-order valence-corrected chi connectivity index (χ3v) is 4.23. The van der Waals surface area contributed by atoms with Crippen molar-refractivity contribution in [3.63, 3.8) is 0 Å². The molecule has 3 rings (SSSR count). The molecule has 1 aliphatic rings. The van der Waals surface area contributed by atoms with Crippen LogP contribution in [0.25, 0.3) is 11.6 Å². The van der Waals surface area contributed by atoms with E-state index in [9.17, 15) is 0 Å². The van der Waals surface area contributed by atoms with Crippen LogP contribution < -0.4 is 5.73 Å². The summed E-state index contributed by atoms with van der Waals surface area (Å²) in [5, 5.41) is 8.65. The maximum atomic E-state index is 6.38. The highest BCUT2D eigenvalue weighted by Gasteiger charge is 2.36. The number of halogens is 1. The Kier molecular flexibility index (Phi) is 4.37. The van der Waals surface area contributed by atoms with E-state index in [2.05, 4.69) is 36.0 Å². The molecule has 1 saturated carbocycles. The van der Waals surface area contributed by atoms with Crippen LogP contribution in [-0.2, 0) is 18.0 Å². The monoisotopic (exact) mass is 325 g/mol. The van der Waals surface area contributed by atoms with Crippen LogP contribution in [-0.4, -0.2) is 19.9 Å². The molecule has 0 aliphatic heterocycles. The van der Waals surface area contributed by atoms with E-state index in [1.54, 1.807) is 4.68 Å². The molecule has 122 valence electrons. The Labute approximate surface area is 136 Å². The summed E-state index contributed by atoms with van der Waals surface area (Å²) >= 11 is 0. The fourth-order valence-electron chi connectivity index (χ4n) is 2.79. The molecule has 0 atom stereocenters. The van der Waals surface area contributed by atoms with Crippen LogP contribution >= 0.6 is 12.4 Å². The molecule has 0 bridgehead atoms. The highest BCUT2D eigenvalue weighted by molar-refractivity contribution is 5.85. The number of aryl methyl sites for hydroxylation is 1. The van der Waals surface area contributed by atoms with Crippen molar-refractivity contribution in [1.29, 1.82) is 0 Å². The van der Waals surface area contributed by atoms with E-state index in [1.165, 1.54) is 0 Å². The normalized spacial score (nSPS) is 17.5. The highest BCUT2D eigenvalue weighted by Crippen LogP contribution is 2.35. The lowest BCUT2D eigenvalue weighted by atomic mass is 9.92. The number of aromatic nitrogens is 4. The van der Waals surface area contributed by atoms with Gasteiger partial charge in [0.05, 0.1) is 11.2 Å². The average Bonchev–Trinajstić information content (AvgIpc) is 3.06. The minimum absolute atomic E-state index is 0. The van der Waals surface area contributed by atoms with Crippen LogP contribution in [0.1, 0.15) is 58.0 Å². The van der Waals surface area contributed by atoms with Gasteiger partial charge in [0.1, 0.15) is 5.69 Å². The molecule has 22 heavy (non-hydrogen) atoms. The van der Waals surface area contributed by atoms with Gasteiger partial charge in [-0.15, -0.1) is 12.4 Å². The van der Waals surface area contributed by atoms with Gasteiger partial charge in [-0.3, -0.25) is 4.68 Å². The first-order valence-corrected chi connectivity index (χ1v) is 7.48. The van der Waals surface area contributed by atoms with Crippen molar-refractivity contribution >= 4 is 12.4 Å². The van der Waals surface area contributed by atoms with Gasteiger partial charge in [0.25, 0.3) is 5.89 Å². The zero-order valence-corrected chi connectivity index (χ0v) is 14.4. The highest BCUT2D eigenvalue weighted by atomic mass is 35.5. The van der Waals surface area contributed by atoms with Gasteiger partial charge in [-0.1, -0.05) is 38.8 Å². The van der Waals surface area contributed by atoms with Gasteiger partial charge in [-0.25, -0.2) is 0 Å². The summed E-state index contributed by atoms with van der Waals surface area (Å²) < 4.78 is 7.22. The molecule has 0 radical (unpaired) electrons. The van der Waals surface area contributed by atoms with E-state index in [4.69, 9.17) is 10.3 Å². The number of hydrogen-bond acceptors (Lipinski definition) is 5. The van der Waals surface area contributed by atoms with Gasteiger partial charge in [-0.05, 0) is 18.9 Å². The molecule has 0 aromatic carbocycles. The number of rotatable bonds is 2. The smallest absolute Gasteiger partial charge is 0.276 e. The lowest BCUT2D eigenvalue weighted by Crippen LogP contribution is -2.34. The van der Waals surface area contributed by atoms with Crippen LogP contribution in [0.2, 0.25) is 0 Å². The van der Waals surface area contributed by atoms with E-state index >= 15 is 0 Å². The van der Waals surface area contributed by atoms with Crippen LogP contribution in [0.15, 0.2) is 10.6 Å². The number of nitrogens with zero attached hydrogens (tertiary/aromatic N) is 4. The fourth-order valence-corrected chi connectivity index (χ4v) is 2.79. The van der Waals surface area contributed by atoms with Gasteiger partial charge in [0, 0.05) is 12.5 Å². The standard InChI is InChI=1S/C15H23N5O.ClH/c1-14(2,3)11-9-10(20(4)18-11)12-17-13(19-21-12)15(16)7-5-6-8-15;/h9H,5-8,16H2,1-4H3;1H. The summed E-state index contributed by atoms with van der Waals surface area (Å²) in [7, 11) is 1.89. The molecule has 0 unspecified atom stereocenters. The number of hydrogen-bond donors (Lipinski definition) is 1. The molecular formula is C15H24ClN5O. The Morgan fingerprint density at radius 2 is 1.91 bits per heavy atom. The maximum absolute atomic E-state index is 6.38. The molecule has 2 aromatic rings. The van der Waals surface area contributed by atoms with E-state index < -0.39 is 5.54 Å². The van der Waals surface area contributed by atoms with Gasteiger partial charge in [-0.2, -0.15) is 10.1 Å². The summed E-state index contributed by atoms with van der Waals surface area (Å²) in [4.78, 5) is 4.53. The predicted octanol–water partition coefficient (Wildman–Crippen LogP) is 2.92. The second-order valence-corrected chi connectivity index (χ2v) is 7.07. The van der Waals surface area contributed by atoms with Gasteiger partial charge >= 0.3 is 0 Å². The molecule has 0 spiro atoms. The largest absolute Gasteiger partial charge is 0.332 e. The predicted molar refractivity (Wildman–Crippen MR) is 86.8 cm³/mol. The van der Waals surface area contributed by atoms with Gasteiger partial charge < -0.3 is 10.3 Å². The van der Waals surface area contributed by atoms with Crippen molar-refractivity contribution in [1.82, 2.24) is 19.9 Å². The van der Waals surface area contributed by atoms with Crippen LogP contribution in [0.3, 0.4) is 0 Å².